The first-order chi connectivity index (χ1) is 8.31. The fourth-order valence-corrected chi connectivity index (χ4v) is 3.10. The van der Waals surface area contributed by atoms with Crippen LogP contribution in [0.25, 0.3) is 0 Å². The Balaban J connectivity index is 2.57. The molecule has 3 unspecified atom stereocenters. The van der Waals surface area contributed by atoms with Gasteiger partial charge in [-0.1, -0.05) is 66.5 Å². The van der Waals surface area contributed by atoms with E-state index in [0.29, 0.717) is 5.41 Å². The molecular formula is C18H34. The third kappa shape index (κ3) is 3.87. The number of allylic oxidation sites excluding steroid dienone is 1. The highest BCUT2D eigenvalue weighted by atomic mass is 14.5. The molecule has 3 atom stereocenters. The molecule has 0 radical (unpaired) electrons. The van der Waals surface area contributed by atoms with Crippen LogP contribution < -0.4 is 0 Å². The summed E-state index contributed by atoms with van der Waals surface area (Å²) in [4.78, 5) is 0. The Kier molecular flexibility index (Phi) is 5.49. The van der Waals surface area contributed by atoms with Gasteiger partial charge < -0.3 is 0 Å². The fraction of sp³-hybridized carbons (Fsp3) is 0.889. The Morgan fingerprint density at radius 3 is 2.11 bits per heavy atom. The van der Waals surface area contributed by atoms with Gasteiger partial charge in [0.1, 0.15) is 0 Å². The Morgan fingerprint density at radius 1 is 1.17 bits per heavy atom. The molecule has 0 aliphatic heterocycles. The lowest BCUT2D eigenvalue weighted by atomic mass is 9.75. The Bertz CT molecular complexity index is 270. The monoisotopic (exact) mass is 250 g/mol. The number of rotatable bonds is 8. The van der Waals surface area contributed by atoms with Crippen molar-refractivity contribution in [2.75, 3.05) is 0 Å². The third-order valence-corrected chi connectivity index (χ3v) is 5.68. The van der Waals surface area contributed by atoms with Gasteiger partial charge in [0, 0.05) is 0 Å². The zero-order valence-electron chi connectivity index (χ0n) is 13.6. The molecule has 0 aromatic carbocycles. The quantitative estimate of drug-likeness (QED) is 0.458. The summed E-state index contributed by atoms with van der Waals surface area (Å²) in [7, 11) is 0. The van der Waals surface area contributed by atoms with E-state index >= 15 is 0 Å². The Hall–Kier alpha value is -0.260. The molecule has 1 fully saturated rings. The van der Waals surface area contributed by atoms with Gasteiger partial charge in [-0.05, 0) is 48.3 Å². The highest BCUT2D eigenvalue weighted by molar-refractivity contribution is 5.11. The molecule has 0 bridgehead atoms. The van der Waals surface area contributed by atoms with Crippen LogP contribution in [0.15, 0.2) is 12.2 Å². The lowest BCUT2D eigenvalue weighted by Gasteiger charge is -2.30. The molecule has 0 nitrogen and oxygen atoms in total. The van der Waals surface area contributed by atoms with Crippen molar-refractivity contribution in [1.29, 1.82) is 0 Å². The van der Waals surface area contributed by atoms with E-state index in [1.807, 2.05) is 0 Å². The van der Waals surface area contributed by atoms with Crippen molar-refractivity contribution >= 4 is 0 Å². The van der Waals surface area contributed by atoms with Crippen molar-refractivity contribution in [1.82, 2.24) is 0 Å². The van der Waals surface area contributed by atoms with Gasteiger partial charge in [-0.3, -0.25) is 0 Å². The van der Waals surface area contributed by atoms with Crippen LogP contribution in [0.1, 0.15) is 73.6 Å². The first-order valence-electron chi connectivity index (χ1n) is 7.99. The van der Waals surface area contributed by atoms with Crippen LogP contribution in [0.5, 0.6) is 0 Å². The van der Waals surface area contributed by atoms with Gasteiger partial charge in [-0.25, -0.2) is 0 Å². The molecule has 1 rings (SSSR count). The summed E-state index contributed by atoms with van der Waals surface area (Å²) < 4.78 is 0. The van der Waals surface area contributed by atoms with Crippen molar-refractivity contribution in [3.05, 3.63) is 12.2 Å². The average molecular weight is 250 g/mol. The van der Waals surface area contributed by atoms with Crippen LogP contribution in [-0.4, -0.2) is 0 Å². The molecule has 106 valence electrons. The lowest BCUT2D eigenvalue weighted by Crippen LogP contribution is -2.20. The maximum atomic E-state index is 4.42. The normalized spacial score (nSPS) is 22.6. The summed E-state index contributed by atoms with van der Waals surface area (Å²) in [6.07, 6.45) is 6.74. The maximum absolute atomic E-state index is 4.42. The molecule has 0 heterocycles. The van der Waals surface area contributed by atoms with Crippen LogP contribution in [0.2, 0.25) is 0 Å². The predicted octanol–water partition coefficient (Wildman–Crippen LogP) is 6.08. The topological polar surface area (TPSA) is 0 Å². The van der Waals surface area contributed by atoms with Crippen LogP contribution >= 0.6 is 0 Å². The smallest absolute Gasteiger partial charge is 0.0180 e. The van der Waals surface area contributed by atoms with E-state index in [9.17, 15) is 0 Å². The minimum absolute atomic E-state index is 0.592. The Labute approximate surface area is 115 Å². The van der Waals surface area contributed by atoms with E-state index in [4.69, 9.17) is 0 Å². The first-order valence-corrected chi connectivity index (χ1v) is 7.99. The van der Waals surface area contributed by atoms with Crippen molar-refractivity contribution < 1.29 is 0 Å². The van der Waals surface area contributed by atoms with Crippen LogP contribution in [0.4, 0.5) is 0 Å². The highest BCUT2D eigenvalue weighted by Gasteiger charge is 2.43. The molecule has 1 saturated carbocycles. The first kappa shape index (κ1) is 15.8. The summed E-state index contributed by atoms with van der Waals surface area (Å²) in [6, 6.07) is 0. The lowest BCUT2D eigenvalue weighted by molar-refractivity contribution is 0.248. The standard InChI is InChI=1S/C18H34/c1-8-9-17(15(5)13(2)3)12-14(4)16(6)18(7)10-11-18/h13,15-17H,4,8-12H2,1-3,5-7H3. The third-order valence-electron chi connectivity index (χ3n) is 5.68. The molecule has 0 amide bonds. The summed E-state index contributed by atoms with van der Waals surface area (Å²) in [5.41, 5.74) is 2.11. The predicted molar refractivity (Wildman–Crippen MR) is 82.7 cm³/mol. The molecule has 0 N–H and O–H groups in total. The van der Waals surface area contributed by atoms with Gasteiger partial charge in [0.2, 0.25) is 0 Å². The van der Waals surface area contributed by atoms with Gasteiger partial charge in [0.05, 0.1) is 0 Å². The molecule has 0 aromatic rings. The maximum Gasteiger partial charge on any atom is -0.0180 e. The van der Waals surface area contributed by atoms with Crippen LogP contribution in [0, 0.1) is 29.1 Å². The van der Waals surface area contributed by atoms with Crippen LogP contribution in [0.3, 0.4) is 0 Å². The molecule has 0 heteroatoms. The van der Waals surface area contributed by atoms with E-state index in [-0.39, 0.29) is 0 Å². The SMILES string of the molecule is C=C(CC(CCC)C(C)C(C)C)C(C)C1(C)CC1. The molecule has 1 aliphatic rings. The summed E-state index contributed by atoms with van der Waals surface area (Å²) in [5.74, 6) is 3.17. The second-order valence-corrected chi connectivity index (χ2v) is 7.39. The largest absolute Gasteiger partial charge is 0.0996 e. The highest BCUT2D eigenvalue weighted by Crippen LogP contribution is 2.54. The van der Waals surface area contributed by atoms with Gasteiger partial charge >= 0.3 is 0 Å². The second-order valence-electron chi connectivity index (χ2n) is 7.39. The molecule has 0 spiro atoms. The zero-order valence-corrected chi connectivity index (χ0v) is 13.6. The van der Waals surface area contributed by atoms with E-state index in [2.05, 4.69) is 48.1 Å². The van der Waals surface area contributed by atoms with E-state index in [1.165, 1.54) is 37.7 Å². The van der Waals surface area contributed by atoms with Crippen molar-refractivity contribution in [2.45, 2.75) is 73.6 Å². The number of hydrogen-bond donors (Lipinski definition) is 0. The van der Waals surface area contributed by atoms with Crippen molar-refractivity contribution in [3.8, 4) is 0 Å². The van der Waals surface area contributed by atoms with E-state index in [1.54, 1.807) is 0 Å². The minimum Gasteiger partial charge on any atom is -0.0996 e. The average Bonchev–Trinajstić information content (AvgIpc) is 3.05. The van der Waals surface area contributed by atoms with Crippen molar-refractivity contribution in [2.24, 2.45) is 29.1 Å². The van der Waals surface area contributed by atoms with E-state index in [0.717, 1.165) is 23.7 Å². The van der Waals surface area contributed by atoms with Gasteiger partial charge in [0.25, 0.3) is 0 Å². The van der Waals surface area contributed by atoms with Crippen molar-refractivity contribution in [3.63, 3.8) is 0 Å². The van der Waals surface area contributed by atoms with Crippen LogP contribution in [-0.2, 0) is 0 Å². The summed E-state index contributed by atoms with van der Waals surface area (Å²) in [5, 5.41) is 0. The fourth-order valence-electron chi connectivity index (χ4n) is 3.10. The van der Waals surface area contributed by atoms with Gasteiger partial charge in [-0.2, -0.15) is 0 Å². The van der Waals surface area contributed by atoms with Gasteiger partial charge in [-0.15, -0.1) is 0 Å². The minimum atomic E-state index is 0.592. The molecule has 1 aliphatic carbocycles. The zero-order chi connectivity index (χ0) is 13.9. The molecule has 0 aromatic heterocycles. The summed E-state index contributed by atoms with van der Waals surface area (Å²) >= 11 is 0. The second kappa shape index (κ2) is 6.26. The Morgan fingerprint density at radius 2 is 1.72 bits per heavy atom. The summed E-state index contributed by atoms with van der Waals surface area (Å²) in [6.45, 7) is 18.7. The molecule has 0 saturated heterocycles. The van der Waals surface area contributed by atoms with E-state index < -0.39 is 0 Å². The molecular weight excluding hydrogens is 216 g/mol. The van der Waals surface area contributed by atoms with Gasteiger partial charge in [0.15, 0.2) is 0 Å². The molecule has 18 heavy (non-hydrogen) atoms. The number of hydrogen-bond acceptors (Lipinski definition) is 0.